The standard InChI is InChI=1S/C29H32F4O2/c1-2-17-3-5-18(6-4-17)22-13-14-23(28(32)27(22)31)19-7-10-21(11-8-19)34-15-20-9-12-24(25-16-35-25)29(33)26(20)30/h2,9,12-14,17-19,21,25H,1,3-8,10-11,15-16H2. The van der Waals surface area contributed by atoms with Gasteiger partial charge in [-0.05, 0) is 80.2 Å². The van der Waals surface area contributed by atoms with Gasteiger partial charge in [-0.2, -0.15) is 0 Å². The van der Waals surface area contributed by atoms with E-state index in [0.717, 1.165) is 25.7 Å². The number of allylic oxidation sites excluding steroid dienone is 1. The third-order valence-electron chi connectivity index (χ3n) is 8.15. The third-order valence-corrected chi connectivity index (χ3v) is 8.15. The lowest BCUT2D eigenvalue weighted by atomic mass is 9.77. The number of rotatable bonds is 7. The van der Waals surface area contributed by atoms with E-state index in [1.54, 1.807) is 24.3 Å². The van der Waals surface area contributed by atoms with Crippen molar-refractivity contribution in [3.63, 3.8) is 0 Å². The van der Waals surface area contributed by atoms with Crippen molar-refractivity contribution in [2.24, 2.45) is 5.92 Å². The SMILES string of the molecule is C=CC1CCC(c2ccc(C3CCC(OCc4ccc(C5CO5)c(F)c4F)CC3)c(F)c2F)CC1. The summed E-state index contributed by atoms with van der Waals surface area (Å²) in [4.78, 5) is 0. The lowest BCUT2D eigenvalue weighted by Crippen LogP contribution is -2.22. The van der Waals surface area contributed by atoms with Crippen LogP contribution in [0.15, 0.2) is 36.9 Å². The van der Waals surface area contributed by atoms with Gasteiger partial charge in [-0.15, -0.1) is 6.58 Å². The van der Waals surface area contributed by atoms with Gasteiger partial charge >= 0.3 is 0 Å². The van der Waals surface area contributed by atoms with Gasteiger partial charge in [0.2, 0.25) is 0 Å². The topological polar surface area (TPSA) is 21.8 Å². The Morgan fingerprint density at radius 1 is 0.743 bits per heavy atom. The maximum absolute atomic E-state index is 15.1. The van der Waals surface area contributed by atoms with Crippen molar-refractivity contribution in [2.45, 2.75) is 82.0 Å². The highest BCUT2D eigenvalue weighted by Gasteiger charge is 2.31. The number of hydrogen-bond acceptors (Lipinski definition) is 2. The Morgan fingerprint density at radius 3 is 1.80 bits per heavy atom. The molecule has 3 aliphatic rings. The normalized spacial score (nSPS) is 28.6. The Kier molecular flexibility index (Phi) is 7.31. The van der Waals surface area contributed by atoms with Crippen molar-refractivity contribution in [3.8, 4) is 0 Å². The van der Waals surface area contributed by atoms with Gasteiger partial charge in [0.25, 0.3) is 0 Å². The molecule has 2 aromatic rings. The summed E-state index contributed by atoms with van der Waals surface area (Å²) in [6.45, 7) is 4.25. The number of benzene rings is 2. The molecule has 5 rings (SSSR count). The molecule has 0 bridgehead atoms. The van der Waals surface area contributed by atoms with E-state index in [1.807, 2.05) is 6.08 Å². The smallest absolute Gasteiger partial charge is 0.165 e. The fourth-order valence-electron chi connectivity index (χ4n) is 5.82. The van der Waals surface area contributed by atoms with Gasteiger partial charge in [0.15, 0.2) is 23.3 Å². The molecule has 35 heavy (non-hydrogen) atoms. The zero-order valence-corrected chi connectivity index (χ0v) is 19.9. The lowest BCUT2D eigenvalue weighted by molar-refractivity contribution is 0.0116. The molecule has 2 nitrogen and oxygen atoms in total. The summed E-state index contributed by atoms with van der Waals surface area (Å²) in [5.41, 5.74) is 1.37. The molecule has 2 aliphatic carbocycles. The van der Waals surface area contributed by atoms with Crippen LogP contribution in [-0.4, -0.2) is 12.7 Å². The van der Waals surface area contributed by atoms with Crippen molar-refractivity contribution in [3.05, 3.63) is 82.4 Å². The van der Waals surface area contributed by atoms with Crippen LogP contribution in [0.5, 0.6) is 0 Å². The number of halogens is 4. The van der Waals surface area contributed by atoms with Crippen LogP contribution < -0.4 is 0 Å². The van der Waals surface area contributed by atoms with Crippen molar-refractivity contribution >= 4 is 0 Å². The zero-order chi connectivity index (χ0) is 24.5. The minimum absolute atomic E-state index is 0.0182. The van der Waals surface area contributed by atoms with Gasteiger partial charge in [0, 0.05) is 11.1 Å². The van der Waals surface area contributed by atoms with Crippen LogP contribution in [0.1, 0.15) is 91.6 Å². The molecular formula is C29H32F4O2. The van der Waals surface area contributed by atoms with E-state index in [1.165, 1.54) is 0 Å². The highest BCUT2D eigenvalue weighted by molar-refractivity contribution is 5.32. The molecule has 0 N–H and O–H groups in total. The monoisotopic (exact) mass is 488 g/mol. The van der Waals surface area contributed by atoms with Crippen molar-refractivity contribution in [1.82, 2.24) is 0 Å². The first-order chi connectivity index (χ1) is 17.0. The van der Waals surface area contributed by atoms with Crippen LogP contribution >= 0.6 is 0 Å². The van der Waals surface area contributed by atoms with E-state index < -0.39 is 23.3 Å². The first-order valence-corrected chi connectivity index (χ1v) is 12.8. The number of epoxide rings is 1. The highest BCUT2D eigenvalue weighted by atomic mass is 19.2. The van der Waals surface area contributed by atoms with Crippen LogP contribution in [-0.2, 0) is 16.1 Å². The van der Waals surface area contributed by atoms with Crippen molar-refractivity contribution in [1.29, 1.82) is 0 Å². The van der Waals surface area contributed by atoms with Crippen molar-refractivity contribution < 1.29 is 27.0 Å². The summed E-state index contributed by atoms with van der Waals surface area (Å²) >= 11 is 0. The summed E-state index contributed by atoms with van der Waals surface area (Å²) in [7, 11) is 0. The van der Waals surface area contributed by atoms with Gasteiger partial charge in [-0.3, -0.25) is 0 Å². The van der Waals surface area contributed by atoms with E-state index >= 15 is 8.78 Å². The van der Waals surface area contributed by atoms with E-state index in [2.05, 4.69) is 6.58 Å². The molecule has 3 fully saturated rings. The summed E-state index contributed by atoms with van der Waals surface area (Å²) in [5.74, 6) is -2.69. The Balaban J connectivity index is 1.16. The Labute approximate surface area is 204 Å². The summed E-state index contributed by atoms with van der Waals surface area (Å²) in [6, 6.07) is 6.65. The summed E-state index contributed by atoms with van der Waals surface area (Å²) in [5, 5.41) is 0. The van der Waals surface area contributed by atoms with Crippen LogP contribution in [0.25, 0.3) is 0 Å². The third kappa shape index (κ3) is 5.19. The number of hydrogen-bond donors (Lipinski definition) is 0. The lowest BCUT2D eigenvalue weighted by Gasteiger charge is -2.30. The first-order valence-electron chi connectivity index (χ1n) is 12.8. The van der Waals surface area contributed by atoms with Crippen LogP contribution in [0.4, 0.5) is 17.6 Å². The van der Waals surface area contributed by atoms with E-state index in [-0.39, 0.29) is 41.8 Å². The van der Waals surface area contributed by atoms with E-state index in [4.69, 9.17) is 9.47 Å². The molecule has 0 aromatic heterocycles. The van der Waals surface area contributed by atoms with Gasteiger partial charge in [-0.25, -0.2) is 17.6 Å². The zero-order valence-electron chi connectivity index (χ0n) is 19.9. The highest BCUT2D eigenvalue weighted by Crippen LogP contribution is 2.41. The average molecular weight is 489 g/mol. The summed E-state index contributed by atoms with van der Waals surface area (Å²) in [6.07, 6.45) is 7.81. The molecule has 0 spiro atoms. The maximum atomic E-state index is 15.1. The minimum atomic E-state index is -0.887. The van der Waals surface area contributed by atoms with Gasteiger partial charge in [-0.1, -0.05) is 30.3 Å². The minimum Gasteiger partial charge on any atom is -0.373 e. The molecule has 1 unspecified atom stereocenters. The summed E-state index contributed by atoms with van der Waals surface area (Å²) < 4.78 is 69.6. The molecule has 1 aliphatic heterocycles. The molecule has 1 saturated heterocycles. The molecule has 2 aromatic carbocycles. The quantitative estimate of drug-likeness (QED) is 0.224. The largest absolute Gasteiger partial charge is 0.373 e. The fourth-order valence-corrected chi connectivity index (χ4v) is 5.82. The molecule has 1 heterocycles. The Bertz CT molecular complexity index is 1060. The second kappa shape index (κ2) is 10.4. The molecule has 0 amide bonds. The maximum Gasteiger partial charge on any atom is 0.165 e. The average Bonchev–Trinajstić information content (AvgIpc) is 3.72. The second-order valence-corrected chi connectivity index (χ2v) is 10.3. The Morgan fingerprint density at radius 2 is 1.26 bits per heavy atom. The van der Waals surface area contributed by atoms with E-state index in [9.17, 15) is 8.78 Å². The van der Waals surface area contributed by atoms with Crippen LogP contribution in [0.2, 0.25) is 0 Å². The second-order valence-electron chi connectivity index (χ2n) is 10.3. The van der Waals surface area contributed by atoms with Gasteiger partial charge in [0.1, 0.15) is 6.10 Å². The molecule has 0 radical (unpaired) electrons. The number of ether oxygens (including phenoxy) is 2. The molecular weight excluding hydrogens is 456 g/mol. The fraction of sp³-hybridized carbons (Fsp3) is 0.517. The van der Waals surface area contributed by atoms with Gasteiger partial charge in [0.05, 0.1) is 19.3 Å². The van der Waals surface area contributed by atoms with Gasteiger partial charge < -0.3 is 9.47 Å². The predicted octanol–water partition coefficient (Wildman–Crippen LogP) is 8.02. The molecule has 2 saturated carbocycles. The van der Waals surface area contributed by atoms with Crippen molar-refractivity contribution in [2.75, 3.05) is 6.61 Å². The predicted molar refractivity (Wildman–Crippen MR) is 126 cm³/mol. The van der Waals surface area contributed by atoms with Crippen LogP contribution in [0, 0.1) is 29.2 Å². The molecule has 6 heteroatoms. The molecule has 1 atom stereocenters. The Hall–Kier alpha value is -2.18. The first kappa shape index (κ1) is 24.5. The van der Waals surface area contributed by atoms with Crippen LogP contribution in [0.3, 0.4) is 0 Å². The van der Waals surface area contributed by atoms with E-state index in [0.29, 0.717) is 49.3 Å². The molecule has 188 valence electrons.